The molecule has 0 fully saturated rings. The van der Waals surface area contributed by atoms with Crippen molar-refractivity contribution in [2.45, 2.75) is 6.92 Å². The number of anilines is 1. The minimum Gasteiger partial charge on any atom is -0.373 e. The van der Waals surface area contributed by atoms with E-state index in [1.165, 1.54) is 0 Å². The summed E-state index contributed by atoms with van der Waals surface area (Å²) in [6, 6.07) is 1.99. The third-order valence-corrected chi connectivity index (χ3v) is 2.24. The van der Waals surface area contributed by atoms with E-state index < -0.39 is 0 Å². The molecule has 0 aliphatic heterocycles. The summed E-state index contributed by atoms with van der Waals surface area (Å²) in [6.45, 7) is 2.51. The normalized spacial score (nSPS) is 9.08. The van der Waals surface area contributed by atoms with Crippen molar-refractivity contribution in [2.75, 3.05) is 11.9 Å². The number of hydrogen-bond donors (Lipinski definition) is 1. The SMILES string of the molecule is C#CCNc1cnc(Br)c(C)c1. The maximum atomic E-state index is 5.10. The molecule has 0 saturated heterocycles. The van der Waals surface area contributed by atoms with Crippen molar-refractivity contribution in [1.82, 2.24) is 4.98 Å². The van der Waals surface area contributed by atoms with Gasteiger partial charge in [-0.3, -0.25) is 0 Å². The van der Waals surface area contributed by atoms with E-state index in [-0.39, 0.29) is 0 Å². The third kappa shape index (κ3) is 2.24. The topological polar surface area (TPSA) is 24.9 Å². The maximum Gasteiger partial charge on any atom is 0.109 e. The molecule has 1 aromatic heterocycles. The van der Waals surface area contributed by atoms with Crippen LogP contribution in [-0.2, 0) is 0 Å². The first kappa shape index (κ1) is 9.08. The molecule has 1 aromatic rings. The standard InChI is InChI=1S/C9H9BrN2/c1-3-4-11-8-5-7(2)9(10)12-6-8/h1,5-6,11H,4H2,2H3. The first-order valence-corrected chi connectivity index (χ1v) is 4.33. The molecule has 0 aliphatic rings. The highest BCUT2D eigenvalue weighted by molar-refractivity contribution is 9.10. The molecule has 12 heavy (non-hydrogen) atoms. The molecule has 0 bridgehead atoms. The first-order chi connectivity index (χ1) is 5.74. The number of pyridine rings is 1. The van der Waals surface area contributed by atoms with Crippen molar-refractivity contribution in [3.8, 4) is 12.3 Å². The molecule has 0 aromatic carbocycles. The van der Waals surface area contributed by atoms with Gasteiger partial charge in [0.15, 0.2) is 0 Å². The summed E-state index contributed by atoms with van der Waals surface area (Å²) in [5.41, 5.74) is 2.05. The van der Waals surface area contributed by atoms with Gasteiger partial charge in [0.1, 0.15) is 4.60 Å². The van der Waals surface area contributed by atoms with E-state index in [4.69, 9.17) is 6.42 Å². The molecule has 1 rings (SSSR count). The smallest absolute Gasteiger partial charge is 0.109 e. The predicted molar refractivity (Wildman–Crippen MR) is 54.0 cm³/mol. The van der Waals surface area contributed by atoms with E-state index in [2.05, 4.69) is 32.2 Å². The predicted octanol–water partition coefficient (Wildman–Crippen LogP) is 2.20. The van der Waals surface area contributed by atoms with Crippen LogP contribution >= 0.6 is 15.9 Å². The number of halogens is 1. The number of aryl methyl sites for hydroxylation is 1. The molecular weight excluding hydrogens is 216 g/mol. The van der Waals surface area contributed by atoms with Crippen LogP contribution in [0.3, 0.4) is 0 Å². The van der Waals surface area contributed by atoms with E-state index >= 15 is 0 Å². The highest BCUT2D eigenvalue weighted by Crippen LogP contribution is 2.16. The van der Waals surface area contributed by atoms with E-state index in [0.29, 0.717) is 6.54 Å². The average Bonchev–Trinajstić information content (AvgIpc) is 2.07. The van der Waals surface area contributed by atoms with E-state index in [1.54, 1.807) is 6.20 Å². The van der Waals surface area contributed by atoms with Gasteiger partial charge in [0.05, 0.1) is 18.4 Å². The minimum absolute atomic E-state index is 0.531. The van der Waals surface area contributed by atoms with E-state index in [0.717, 1.165) is 15.9 Å². The summed E-state index contributed by atoms with van der Waals surface area (Å²) in [7, 11) is 0. The van der Waals surface area contributed by atoms with Gasteiger partial charge in [0.2, 0.25) is 0 Å². The Balaban J connectivity index is 2.77. The Morgan fingerprint density at radius 3 is 3.08 bits per heavy atom. The number of rotatable bonds is 2. The Morgan fingerprint density at radius 1 is 1.75 bits per heavy atom. The number of terminal acetylenes is 1. The third-order valence-electron chi connectivity index (χ3n) is 1.41. The van der Waals surface area contributed by atoms with Gasteiger partial charge in [-0.05, 0) is 34.5 Å². The second kappa shape index (κ2) is 4.13. The second-order valence-corrected chi connectivity index (χ2v) is 3.14. The van der Waals surface area contributed by atoms with Gasteiger partial charge in [0, 0.05) is 0 Å². The van der Waals surface area contributed by atoms with Crippen molar-refractivity contribution in [2.24, 2.45) is 0 Å². The summed E-state index contributed by atoms with van der Waals surface area (Å²) in [5, 5.41) is 3.04. The van der Waals surface area contributed by atoms with Crippen LogP contribution in [0.1, 0.15) is 5.56 Å². The first-order valence-electron chi connectivity index (χ1n) is 3.53. The zero-order chi connectivity index (χ0) is 8.97. The monoisotopic (exact) mass is 224 g/mol. The van der Waals surface area contributed by atoms with Crippen molar-refractivity contribution in [1.29, 1.82) is 0 Å². The van der Waals surface area contributed by atoms with Gasteiger partial charge in [-0.25, -0.2) is 4.98 Å². The van der Waals surface area contributed by atoms with Gasteiger partial charge < -0.3 is 5.32 Å². The van der Waals surface area contributed by atoms with Crippen molar-refractivity contribution >= 4 is 21.6 Å². The average molecular weight is 225 g/mol. The molecule has 3 heteroatoms. The van der Waals surface area contributed by atoms with Crippen LogP contribution in [-0.4, -0.2) is 11.5 Å². The molecule has 0 atom stereocenters. The van der Waals surface area contributed by atoms with Crippen LogP contribution in [0.15, 0.2) is 16.9 Å². The maximum absolute atomic E-state index is 5.10. The highest BCUT2D eigenvalue weighted by atomic mass is 79.9. The van der Waals surface area contributed by atoms with E-state index in [9.17, 15) is 0 Å². The zero-order valence-corrected chi connectivity index (χ0v) is 8.35. The Bertz CT molecular complexity index is 315. The fraction of sp³-hybridized carbons (Fsp3) is 0.222. The molecule has 0 radical (unpaired) electrons. The Hall–Kier alpha value is -1.01. The molecule has 0 unspecified atom stereocenters. The Kier molecular flexibility index (Phi) is 3.12. The number of nitrogens with one attached hydrogen (secondary N) is 1. The van der Waals surface area contributed by atoms with Crippen LogP contribution < -0.4 is 5.32 Å². The van der Waals surface area contributed by atoms with E-state index in [1.807, 2.05) is 13.0 Å². The molecule has 62 valence electrons. The Labute approximate surface area is 80.5 Å². The van der Waals surface area contributed by atoms with Crippen LogP contribution in [0.5, 0.6) is 0 Å². The summed E-state index contributed by atoms with van der Waals surface area (Å²) < 4.78 is 0.869. The van der Waals surface area contributed by atoms with Gasteiger partial charge in [0.25, 0.3) is 0 Å². The van der Waals surface area contributed by atoms with Gasteiger partial charge in [-0.2, -0.15) is 0 Å². The van der Waals surface area contributed by atoms with Crippen LogP contribution in [0, 0.1) is 19.3 Å². The summed E-state index contributed by atoms with van der Waals surface area (Å²) in [5.74, 6) is 2.50. The molecular formula is C9H9BrN2. The number of nitrogens with zero attached hydrogens (tertiary/aromatic N) is 1. The lowest BCUT2D eigenvalue weighted by atomic mass is 10.3. The van der Waals surface area contributed by atoms with Crippen LogP contribution in [0.25, 0.3) is 0 Å². The quantitative estimate of drug-likeness (QED) is 0.616. The van der Waals surface area contributed by atoms with Gasteiger partial charge in [-0.1, -0.05) is 5.92 Å². The molecule has 1 N–H and O–H groups in total. The lowest BCUT2D eigenvalue weighted by molar-refractivity contribution is 1.20. The Morgan fingerprint density at radius 2 is 2.50 bits per heavy atom. The largest absolute Gasteiger partial charge is 0.373 e. The molecule has 0 spiro atoms. The minimum atomic E-state index is 0.531. The van der Waals surface area contributed by atoms with Gasteiger partial charge >= 0.3 is 0 Å². The lowest BCUT2D eigenvalue weighted by Gasteiger charge is -2.03. The summed E-state index contributed by atoms with van der Waals surface area (Å²) >= 11 is 3.32. The van der Waals surface area contributed by atoms with Crippen molar-refractivity contribution in [3.63, 3.8) is 0 Å². The zero-order valence-electron chi connectivity index (χ0n) is 6.76. The molecule has 2 nitrogen and oxygen atoms in total. The summed E-state index contributed by atoms with van der Waals surface area (Å²) in [6.07, 6.45) is 6.85. The molecule has 0 saturated carbocycles. The lowest BCUT2D eigenvalue weighted by Crippen LogP contribution is -1.99. The number of aromatic nitrogens is 1. The highest BCUT2D eigenvalue weighted by Gasteiger charge is 1.96. The van der Waals surface area contributed by atoms with Crippen LogP contribution in [0.4, 0.5) is 5.69 Å². The van der Waals surface area contributed by atoms with Crippen LogP contribution in [0.2, 0.25) is 0 Å². The molecule has 0 amide bonds. The number of hydrogen-bond acceptors (Lipinski definition) is 2. The second-order valence-electron chi connectivity index (χ2n) is 2.39. The molecule has 0 aliphatic carbocycles. The van der Waals surface area contributed by atoms with Crippen molar-refractivity contribution in [3.05, 3.63) is 22.4 Å². The fourth-order valence-electron chi connectivity index (χ4n) is 0.808. The van der Waals surface area contributed by atoms with Gasteiger partial charge in [-0.15, -0.1) is 6.42 Å². The summed E-state index contributed by atoms with van der Waals surface area (Å²) in [4.78, 5) is 4.12. The van der Waals surface area contributed by atoms with Crippen molar-refractivity contribution < 1.29 is 0 Å². The fourth-order valence-corrected chi connectivity index (χ4v) is 1.02. The molecule has 1 heterocycles.